The number of amides is 1. The lowest BCUT2D eigenvalue weighted by Gasteiger charge is -2.40. The molecule has 2 aromatic rings. The predicted octanol–water partition coefficient (Wildman–Crippen LogP) is 3.62. The maximum Gasteiger partial charge on any atom is 0.254 e. The van der Waals surface area contributed by atoms with Crippen LogP contribution >= 0.6 is 0 Å². The first-order valence-electron chi connectivity index (χ1n) is 9.90. The van der Waals surface area contributed by atoms with Crippen molar-refractivity contribution in [2.75, 3.05) is 13.1 Å². The van der Waals surface area contributed by atoms with E-state index in [9.17, 15) is 4.79 Å². The number of hydrogen-bond acceptors (Lipinski definition) is 3. The van der Waals surface area contributed by atoms with Crippen LogP contribution in [0, 0.1) is 5.92 Å². The van der Waals surface area contributed by atoms with Crippen molar-refractivity contribution in [3.8, 4) is 5.88 Å². The van der Waals surface area contributed by atoms with Crippen LogP contribution in [0.2, 0.25) is 0 Å². The van der Waals surface area contributed by atoms with Gasteiger partial charge >= 0.3 is 0 Å². The largest absolute Gasteiger partial charge is 0.469 e. The Morgan fingerprint density at radius 2 is 2.08 bits per heavy atom. The maximum absolute atomic E-state index is 12.3. The molecule has 2 aliphatic rings. The molecule has 0 radical (unpaired) electrons. The zero-order valence-corrected chi connectivity index (χ0v) is 15.8. The minimum absolute atomic E-state index is 0.235. The summed E-state index contributed by atoms with van der Waals surface area (Å²) >= 11 is 0. The molecule has 1 saturated heterocycles. The smallest absolute Gasteiger partial charge is 0.254 e. The van der Waals surface area contributed by atoms with Crippen molar-refractivity contribution < 1.29 is 9.53 Å². The van der Waals surface area contributed by atoms with Gasteiger partial charge in [0.15, 0.2) is 0 Å². The number of fused-ring (bicyclic) bond motifs is 3. The summed E-state index contributed by atoms with van der Waals surface area (Å²) in [5, 5.41) is 4.36. The molecule has 3 heterocycles. The summed E-state index contributed by atoms with van der Waals surface area (Å²) in [6, 6.07) is 8.28. The van der Waals surface area contributed by atoms with Crippen molar-refractivity contribution >= 4 is 16.8 Å². The Balaban J connectivity index is 1.87. The summed E-state index contributed by atoms with van der Waals surface area (Å²) in [6.07, 6.45) is 5.56. The lowest BCUT2D eigenvalue weighted by Crippen LogP contribution is -2.48. The lowest BCUT2D eigenvalue weighted by atomic mass is 9.76. The van der Waals surface area contributed by atoms with Gasteiger partial charge in [0.05, 0.1) is 11.6 Å². The molecule has 2 unspecified atom stereocenters. The van der Waals surface area contributed by atoms with Crippen molar-refractivity contribution in [3.05, 3.63) is 29.8 Å². The molecule has 140 valence electrons. The first-order chi connectivity index (χ1) is 12.6. The highest BCUT2D eigenvalue weighted by Gasteiger charge is 2.51. The van der Waals surface area contributed by atoms with E-state index in [1.54, 1.807) is 0 Å². The molecule has 0 bridgehead atoms. The van der Waals surface area contributed by atoms with E-state index in [0.29, 0.717) is 17.4 Å². The molecule has 1 aromatic carbocycles. The molecule has 3 N–H and O–H groups in total. The van der Waals surface area contributed by atoms with Gasteiger partial charge in [-0.1, -0.05) is 38.0 Å². The highest BCUT2D eigenvalue weighted by molar-refractivity contribution is 6.09. The van der Waals surface area contributed by atoms with Crippen LogP contribution in [0.5, 0.6) is 5.88 Å². The van der Waals surface area contributed by atoms with E-state index in [4.69, 9.17) is 10.5 Å². The van der Waals surface area contributed by atoms with Gasteiger partial charge in [-0.15, -0.1) is 0 Å². The Morgan fingerprint density at radius 1 is 1.35 bits per heavy atom. The van der Waals surface area contributed by atoms with E-state index in [2.05, 4.69) is 29.8 Å². The summed E-state index contributed by atoms with van der Waals surface area (Å²) in [5.41, 5.74) is 7.08. The number of nitrogens with one attached hydrogen (secondary N) is 1. The van der Waals surface area contributed by atoms with E-state index in [1.165, 1.54) is 0 Å². The average Bonchev–Trinajstić information content (AvgIpc) is 3.11. The fraction of sp³-hybridized carbons (Fsp3) is 0.571. The van der Waals surface area contributed by atoms with Gasteiger partial charge in [0.25, 0.3) is 5.91 Å². The van der Waals surface area contributed by atoms with E-state index in [-0.39, 0.29) is 11.6 Å². The Kier molecular flexibility index (Phi) is 4.43. The molecule has 2 atom stereocenters. The third-order valence-electron chi connectivity index (χ3n) is 6.38. The Hall–Kier alpha value is -2.01. The summed E-state index contributed by atoms with van der Waals surface area (Å²) in [4.78, 5) is 12.3. The van der Waals surface area contributed by atoms with Crippen LogP contribution in [0.15, 0.2) is 24.3 Å². The second-order valence-corrected chi connectivity index (χ2v) is 7.90. The zero-order valence-electron chi connectivity index (χ0n) is 15.8. The highest BCUT2D eigenvalue weighted by Crippen LogP contribution is 2.52. The van der Waals surface area contributed by atoms with E-state index in [0.717, 1.165) is 56.1 Å². The van der Waals surface area contributed by atoms with Crippen molar-refractivity contribution in [1.82, 2.24) is 9.88 Å². The van der Waals surface area contributed by atoms with Gasteiger partial charge in [0.1, 0.15) is 11.2 Å². The predicted molar refractivity (Wildman–Crippen MR) is 104 cm³/mol. The molecule has 2 aliphatic heterocycles. The van der Waals surface area contributed by atoms with E-state index >= 15 is 0 Å². The summed E-state index contributed by atoms with van der Waals surface area (Å²) < 4.78 is 8.93. The standard InChI is InChI=1S/C21H29N3O2/c1-3-4-9-17-21(2,14-10-12-23-13-11-14)26-20-18(19(22)25)15-7-5-6-8-16(15)24(17)20/h5-8,14,17,23H,3-4,9-13H2,1-2H3,(H2,22,25). The number of primary amides is 1. The number of aromatic nitrogens is 1. The number of carbonyl (C=O) groups excluding carboxylic acids is 1. The van der Waals surface area contributed by atoms with Crippen LogP contribution in [-0.2, 0) is 0 Å². The number of para-hydroxylation sites is 1. The molecule has 1 aromatic heterocycles. The molecule has 5 heteroatoms. The van der Waals surface area contributed by atoms with Gasteiger partial charge in [-0.25, -0.2) is 0 Å². The second-order valence-electron chi connectivity index (χ2n) is 7.90. The van der Waals surface area contributed by atoms with Crippen molar-refractivity contribution in [2.24, 2.45) is 11.7 Å². The normalized spacial score (nSPS) is 26.0. The van der Waals surface area contributed by atoms with Crippen molar-refractivity contribution in [3.63, 3.8) is 0 Å². The minimum Gasteiger partial charge on any atom is -0.469 e. The topological polar surface area (TPSA) is 69.3 Å². The molecule has 26 heavy (non-hydrogen) atoms. The summed E-state index contributed by atoms with van der Waals surface area (Å²) in [6.45, 7) is 6.53. The van der Waals surface area contributed by atoms with Gasteiger partial charge < -0.3 is 20.4 Å². The molecular weight excluding hydrogens is 326 g/mol. The van der Waals surface area contributed by atoms with E-state index in [1.807, 2.05) is 18.2 Å². The van der Waals surface area contributed by atoms with Crippen LogP contribution in [0.4, 0.5) is 0 Å². The first-order valence-corrected chi connectivity index (χ1v) is 9.90. The lowest BCUT2D eigenvalue weighted by molar-refractivity contribution is 0.000787. The number of benzene rings is 1. The number of nitrogens with two attached hydrogens (primary N) is 1. The Bertz CT molecular complexity index is 822. The third-order valence-corrected chi connectivity index (χ3v) is 6.38. The number of hydrogen-bond donors (Lipinski definition) is 2. The second kappa shape index (κ2) is 6.62. The number of rotatable bonds is 5. The SMILES string of the molecule is CCCCC1n2c(c(C(N)=O)c3ccccc32)OC1(C)C1CCNCC1. The van der Waals surface area contributed by atoms with Gasteiger partial charge in [-0.3, -0.25) is 4.79 Å². The molecular formula is C21H29N3O2. The molecule has 5 nitrogen and oxygen atoms in total. The van der Waals surface area contributed by atoms with Gasteiger partial charge in [-0.2, -0.15) is 0 Å². The molecule has 1 amide bonds. The molecule has 0 spiro atoms. The van der Waals surface area contributed by atoms with Crippen molar-refractivity contribution in [1.29, 1.82) is 0 Å². The van der Waals surface area contributed by atoms with Gasteiger partial charge in [0, 0.05) is 11.3 Å². The fourth-order valence-electron chi connectivity index (χ4n) is 4.98. The molecule has 0 aliphatic carbocycles. The number of piperidine rings is 1. The zero-order chi connectivity index (χ0) is 18.3. The first kappa shape index (κ1) is 17.4. The Labute approximate surface area is 154 Å². The quantitative estimate of drug-likeness (QED) is 0.860. The van der Waals surface area contributed by atoms with E-state index < -0.39 is 5.91 Å². The number of carbonyl (C=O) groups is 1. The van der Waals surface area contributed by atoms with Crippen LogP contribution < -0.4 is 15.8 Å². The fourth-order valence-corrected chi connectivity index (χ4v) is 4.98. The van der Waals surface area contributed by atoms with Gasteiger partial charge in [0.2, 0.25) is 5.88 Å². The minimum atomic E-state index is -0.404. The van der Waals surface area contributed by atoms with Crippen molar-refractivity contribution in [2.45, 2.75) is 57.6 Å². The molecule has 1 fully saturated rings. The van der Waals surface area contributed by atoms with Crippen LogP contribution in [-0.4, -0.2) is 29.2 Å². The molecule has 4 rings (SSSR count). The highest BCUT2D eigenvalue weighted by atomic mass is 16.5. The van der Waals surface area contributed by atoms with Crippen LogP contribution in [0.25, 0.3) is 10.9 Å². The third kappa shape index (κ3) is 2.52. The summed E-state index contributed by atoms with van der Waals surface area (Å²) in [7, 11) is 0. The average molecular weight is 355 g/mol. The number of nitrogens with zero attached hydrogens (tertiary/aromatic N) is 1. The Morgan fingerprint density at radius 3 is 2.77 bits per heavy atom. The number of ether oxygens (including phenoxy) is 1. The monoisotopic (exact) mass is 355 g/mol. The maximum atomic E-state index is 12.3. The van der Waals surface area contributed by atoms with Crippen LogP contribution in [0.3, 0.4) is 0 Å². The molecule has 0 saturated carbocycles. The van der Waals surface area contributed by atoms with Gasteiger partial charge in [-0.05, 0) is 45.3 Å². The number of unbranched alkanes of at least 4 members (excludes halogenated alkanes) is 1. The summed E-state index contributed by atoms with van der Waals surface area (Å²) in [5.74, 6) is 0.754. The van der Waals surface area contributed by atoms with Crippen LogP contribution in [0.1, 0.15) is 62.4 Å².